The van der Waals surface area contributed by atoms with Crippen molar-refractivity contribution in [2.75, 3.05) is 25.6 Å². The van der Waals surface area contributed by atoms with E-state index in [4.69, 9.17) is 4.74 Å². The van der Waals surface area contributed by atoms with Gasteiger partial charge < -0.3 is 15.0 Å². The van der Waals surface area contributed by atoms with Gasteiger partial charge in [0.25, 0.3) is 5.91 Å². The average Bonchev–Trinajstić information content (AvgIpc) is 2.95. The maximum atomic E-state index is 12.5. The van der Waals surface area contributed by atoms with Crippen molar-refractivity contribution in [3.8, 4) is 0 Å². The lowest BCUT2D eigenvalue weighted by Crippen LogP contribution is -2.38. The predicted molar refractivity (Wildman–Crippen MR) is 88.6 cm³/mol. The number of likely N-dealkylation sites (N-methyl/N-ethyl adjacent to an activating group) is 1. The second kappa shape index (κ2) is 6.60. The first kappa shape index (κ1) is 15.8. The number of hydrogen-bond acceptors (Lipinski definition) is 4. The summed E-state index contributed by atoms with van der Waals surface area (Å²) in [5.74, 6) is -0.159. The Morgan fingerprint density at radius 3 is 2.65 bits per heavy atom. The number of esters is 1. The number of hydrogen-bond donors (Lipinski definition) is 1. The summed E-state index contributed by atoms with van der Waals surface area (Å²) in [7, 11) is 3.49. The van der Waals surface area contributed by atoms with Crippen LogP contribution in [0, 0.1) is 5.92 Å². The Labute approximate surface area is 137 Å². The van der Waals surface area contributed by atoms with E-state index in [0.717, 1.165) is 44.3 Å². The van der Waals surface area contributed by atoms with Crippen molar-refractivity contribution >= 4 is 17.6 Å². The SMILES string of the molecule is COC(=O)C1CCC(NC(=O)c2ccc3c(c2)N(C)CC3)CC1. The molecule has 0 aromatic heterocycles. The van der Waals surface area contributed by atoms with E-state index in [1.54, 1.807) is 0 Å². The van der Waals surface area contributed by atoms with Crippen LogP contribution in [0.4, 0.5) is 5.69 Å². The molecule has 0 spiro atoms. The smallest absolute Gasteiger partial charge is 0.308 e. The molecule has 0 radical (unpaired) electrons. The molecule has 23 heavy (non-hydrogen) atoms. The third kappa shape index (κ3) is 3.33. The van der Waals surface area contributed by atoms with Crippen LogP contribution in [-0.2, 0) is 16.0 Å². The summed E-state index contributed by atoms with van der Waals surface area (Å²) >= 11 is 0. The molecule has 5 heteroatoms. The number of nitrogens with zero attached hydrogens (tertiary/aromatic N) is 1. The Balaban J connectivity index is 1.58. The van der Waals surface area contributed by atoms with Crippen molar-refractivity contribution in [2.24, 2.45) is 5.92 Å². The van der Waals surface area contributed by atoms with Crippen LogP contribution in [0.1, 0.15) is 41.6 Å². The molecule has 1 aromatic carbocycles. The molecular formula is C18H24N2O3. The summed E-state index contributed by atoms with van der Waals surface area (Å²) in [5.41, 5.74) is 3.18. The molecular weight excluding hydrogens is 292 g/mol. The molecule has 1 N–H and O–H groups in total. The highest BCUT2D eigenvalue weighted by Crippen LogP contribution is 2.28. The average molecular weight is 316 g/mol. The molecule has 124 valence electrons. The van der Waals surface area contributed by atoms with Gasteiger partial charge in [-0.05, 0) is 49.8 Å². The van der Waals surface area contributed by atoms with Crippen molar-refractivity contribution in [1.82, 2.24) is 5.32 Å². The van der Waals surface area contributed by atoms with Gasteiger partial charge in [0, 0.05) is 30.9 Å². The molecule has 1 saturated carbocycles. The Kier molecular flexibility index (Phi) is 4.55. The number of carbonyl (C=O) groups excluding carboxylic acids is 2. The molecule has 5 nitrogen and oxygen atoms in total. The zero-order valence-corrected chi connectivity index (χ0v) is 13.8. The zero-order valence-electron chi connectivity index (χ0n) is 13.8. The van der Waals surface area contributed by atoms with E-state index in [1.807, 2.05) is 12.1 Å². The van der Waals surface area contributed by atoms with E-state index < -0.39 is 0 Å². The molecule has 0 bridgehead atoms. The van der Waals surface area contributed by atoms with Gasteiger partial charge >= 0.3 is 5.97 Å². The number of anilines is 1. The highest BCUT2D eigenvalue weighted by molar-refractivity contribution is 5.95. The maximum Gasteiger partial charge on any atom is 0.308 e. The summed E-state index contributed by atoms with van der Waals surface area (Å²) in [6, 6.07) is 6.10. The fraction of sp³-hybridized carbons (Fsp3) is 0.556. The van der Waals surface area contributed by atoms with Crippen LogP contribution in [0.3, 0.4) is 0 Å². The largest absolute Gasteiger partial charge is 0.469 e. The van der Waals surface area contributed by atoms with E-state index in [0.29, 0.717) is 5.56 Å². The lowest BCUT2D eigenvalue weighted by molar-refractivity contribution is -0.146. The van der Waals surface area contributed by atoms with Crippen LogP contribution < -0.4 is 10.2 Å². The van der Waals surface area contributed by atoms with Gasteiger partial charge in [-0.3, -0.25) is 9.59 Å². The Morgan fingerprint density at radius 1 is 1.22 bits per heavy atom. The fourth-order valence-corrected chi connectivity index (χ4v) is 3.59. The quantitative estimate of drug-likeness (QED) is 0.868. The molecule has 1 fully saturated rings. The molecule has 0 saturated heterocycles. The lowest BCUT2D eigenvalue weighted by atomic mass is 9.86. The van der Waals surface area contributed by atoms with Crippen molar-refractivity contribution in [3.63, 3.8) is 0 Å². The standard InChI is InChI=1S/C18H24N2O3/c1-20-10-9-12-3-4-14(11-16(12)20)17(21)19-15-7-5-13(6-8-15)18(22)23-2/h3-4,11,13,15H,5-10H2,1-2H3,(H,19,21). The third-order valence-electron chi connectivity index (χ3n) is 5.07. The molecule has 0 unspecified atom stereocenters. The van der Waals surface area contributed by atoms with Gasteiger partial charge in [0.1, 0.15) is 0 Å². The number of rotatable bonds is 3. The minimum absolute atomic E-state index is 0.0122. The summed E-state index contributed by atoms with van der Waals surface area (Å²) in [5, 5.41) is 3.11. The second-order valence-electron chi connectivity index (χ2n) is 6.56. The Morgan fingerprint density at radius 2 is 1.96 bits per heavy atom. The molecule has 1 amide bonds. The normalized spacial score (nSPS) is 23.3. The van der Waals surface area contributed by atoms with Crippen molar-refractivity contribution in [3.05, 3.63) is 29.3 Å². The number of ether oxygens (including phenoxy) is 1. The van der Waals surface area contributed by atoms with Crippen molar-refractivity contribution in [1.29, 1.82) is 0 Å². The van der Waals surface area contributed by atoms with Crippen LogP contribution in [0.25, 0.3) is 0 Å². The monoisotopic (exact) mass is 316 g/mol. The molecule has 1 aliphatic heterocycles. The van der Waals surface area contributed by atoms with Gasteiger partial charge in [-0.2, -0.15) is 0 Å². The van der Waals surface area contributed by atoms with Crippen LogP contribution >= 0.6 is 0 Å². The van der Waals surface area contributed by atoms with Crippen LogP contribution in [0.5, 0.6) is 0 Å². The summed E-state index contributed by atoms with van der Waals surface area (Å²) in [4.78, 5) is 26.2. The Bertz CT molecular complexity index is 606. The topological polar surface area (TPSA) is 58.6 Å². The second-order valence-corrected chi connectivity index (χ2v) is 6.56. The molecule has 2 aliphatic rings. The number of benzene rings is 1. The number of nitrogens with one attached hydrogen (secondary N) is 1. The van der Waals surface area contributed by atoms with Gasteiger partial charge in [0.2, 0.25) is 0 Å². The molecule has 1 heterocycles. The number of carbonyl (C=O) groups is 2. The highest BCUT2D eigenvalue weighted by atomic mass is 16.5. The van der Waals surface area contributed by atoms with Crippen molar-refractivity contribution < 1.29 is 14.3 Å². The van der Waals surface area contributed by atoms with E-state index in [9.17, 15) is 9.59 Å². The van der Waals surface area contributed by atoms with E-state index in [2.05, 4.69) is 23.3 Å². The first-order valence-corrected chi connectivity index (χ1v) is 8.31. The van der Waals surface area contributed by atoms with E-state index in [-0.39, 0.29) is 23.8 Å². The summed E-state index contributed by atoms with van der Waals surface area (Å²) in [6.45, 7) is 1.01. The van der Waals surface area contributed by atoms with E-state index in [1.165, 1.54) is 12.7 Å². The minimum Gasteiger partial charge on any atom is -0.469 e. The van der Waals surface area contributed by atoms with E-state index >= 15 is 0 Å². The van der Waals surface area contributed by atoms with Gasteiger partial charge in [-0.25, -0.2) is 0 Å². The van der Waals surface area contributed by atoms with Gasteiger partial charge in [-0.15, -0.1) is 0 Å². The maximum absolute atomic E-state index is 12.5. The molecule has 1 aliphatic carbocycles. The lowest BCUT2D eigenvalue weighted by Gasteiger charge is -2.27. The van der Waals surface area contributed by atoms with Crippen LogP contribution in [-0.4, -0.2) is 38.6 Å². The van der Waals surface area contributed by atoms with Gasteiger partial charge in [0.05, 0.1) is 13.0 Å². The number of amides is 1. The third-order valence-corrected chi connectivity index (χ3v) is 5.07. The summed E-state index contributed by atoms with van der Waals surface area (Å²) in [6.07, 6.45) is 4.27. The first-order chi connectivity index (χ1) is 11.1. The van der Waals surface area contributed by atoms with Gasteiger partial charge in [-0.1, -0.05) is 6.07 Å². The Hall–Kier alpha value is -2.04. The minimum atomic E-state index is -0.128. The molecule has 3 rings (SSSR count). The molecule has 0 atom stereocenters. The first-order valence-electron chi connectivity index (χ1n) is 8.31. The van der Waals surface area contributed by atoms with Crippen LogP contribution in [0.15, 0.2) is 18.2 Å². The van der Waals surface area contributed by atoms with Crippen LogP contribution in [0.2, 0.25) is 0 Å². The predicted octanol–water partition coefficient (Wildman–Crippen LogP) is 2.14. The highest BCUT2D eigenvalue weighted by Gasteiger charge is 2.28. The molecule has 1 aromatic rings. The summed E-state index contributed by atoms with van der Waals surface area (Å²) < 4.78 is 4.80. The zero-order chi connectivity index (χ0) is 16.4. The van der Waals surface area contributed by atoms with Gasteiger partial charge in [0.15, 0.2) is 0 Å². The number of fused-ring (bicyclic) bond motifs is 1. The number of methoxy groups -OCH3 is 1. The van der Waals surface area contributed by atoms with Crippen molar-refractivity contribution in [2.45, 2.75) is 38.1 Å². The fourth-order valence-electron chi connectivity index (χ4n) is 3.59.